The predicted octanol–water partition coefficient (Wildman–Crippen LogP) is 5.14. The fourth-order valence-electron chi connectivity index (χ4n) is 3.09. The number of benzene rings is 1. The minimum atomic E-state index is 0.529. The van der Waals surface area contributed by atoms with Crippen LogP contribution in [0.2, 0.25) is 0 Å². The van der Waals surface area contributed by atoms with E-state index in [9.17, 15) is 0 Å². The summed E-state index contributed by atoms with van der Waals surface area (Å²) in [5, 5.41) is 2.45. The summed E-state index contributed by atoms with van der Waals surface area (Å²) in [5.74, 6) is 1.08. The van der Waals surface area contributed by atoms with Crippen molar-refractivity contribution < 1.29 is 0 Å². The standard InChI is InChI=1S/C16H18Br2N2/c1-20(15-8-3-2-6-14(15)18)16-12-5-4-7-13(17)11(12)9-10-19-16/h4-5,7,9-10,14-15H,2-3,6,8H2,1H3. The highest BCUT2D eigenvalue weighted by Crippen LogP contribution is 2.34. The molecule has 0 spiro atoms. The van der Waals surface area contributed by atoms with Gasteiger partial charge in [-0.1, -0.05) is 56.8 Å². The Morgan fingerprint density at radius 1 is 1.15 bits per heavy atom. The monoisotopic (exact) mass is 396 g/mol. The van der Waals surface area contributed by atoms with E-state index >= 15 is 0 Å². The number of hydrogen-bond acceptors (Lipinski definition) is 2. The van der Waals surface area contributed by atoms with Gasteiger partial charge in [0.2, 0.25) is 0 Å². The molecule has 106 valence electrons. The third-order valence-corrected chi connectivity index (χ3v) is 5.97. The van der Waals surface area contributed by atoms with Gasteiger partial charge < -0.3 is 4.90 Å². The van der Waals surface area contributed by atoms with Crippen LogP contribution in [0.15, 0.2) is 34.9 Å². The highest BCUT2D eigenvalue weighted by molar-refractivity contribution is 9.10. The fourth-order valence-corrected chi connectivity index (χ4v) is 4.53. The van der Waals surface area contributed by atoms with Crippen molar-refractivity contribution in [3.8, 4) is 0 Å². The second kappa shape index (κ2) is 6.02. The van der Waals surface area contributed by atoms with Gasteiger partial charge in [-0.05, 0) is 25.0 Å². The van der Waals surface area contributed by atoms with Crippen LogP contribution in [-0.2, 0) is 0 Å². The van der Waals surface area contributed by atoms with Crippen LogP contribution in [0.5, 0.6) is 0 Å². The Morgan fingerprint density at radius 2 is 1.95 bits per heavy atom. The lowest BCUT2D eigenvalue weighted by molar-refractivity contribution is 0.443. The first-order valence-corrected chi connectivity index (χ1v) is 8.79. The van der Waals surface area contributed by atoms with E-state index < -0.39 is 0 Å². The molecular formula is C16H18Br2N2. The molecule has 2 aromatic rings. The molecule has 3 rings (SSSR count). The summed E-state index contributed by atoms with van der Waals surface area (Å²) in [6.07, 6.45) is 7.04. The number of hydrogen-bond donors (Lipinski definition) is 0. The van der Waals surface area contributed by atoms with Gasteiger partial charge in [-0.25, -0.2) is 4.98 Å². The molecular weight excluding hydrogens is 380 g/mol. The molecule has 1 aromatic heterocycles. The van der Waals surface area contributed by atoms with Gasteiger partial charge in [0.15, 0.2) is 0 Å². The summed E-state index contributed by atoms with van der Waals surface area (Å²) in [5.41, 5.74) is 0. The molecule has 1 fully saturated rings. The molecule has 1 aromatic carbocycles. The van der Waals surface area contributed by atoms with Crippen molar-refractivity contribution in [2.24, 2.45) is 0 Å². The first kappa shape index (κ1) is 14.3. The summed E-state index contributed by atoms with van der Waals surface area (Å²) < 4.78 is 1.13. The third-order valence-electron chi connectivity index (χ3n) is 4.21. The van der Waals surface area contributed by atoms with E-state index in [2.05, 4.69) is 73.1 Å². The normalized spacial score (nSPS) is 22.9. The van der Waals surface area contributed by atoms with Crippen LogP contribution in [0.3, 0.4) is 0 Å². The average Bonchev–Trinajstić information content (AvgIpc) is 2.47. The molecule has 1 saturated carbocycles. The molecule has 2 unspecified atom stereocenters. The predicted molar refractivity (Wildman–Crippen MR) is 92.8 cm³/mol. The lowest BCUT2D eigenvalue weighted by Gasteiger charge is -2.36. The van der Waals surface area contributed by atoms with Gasteiger partial charge in [-0.15, -0.1) is 0 Å². The van der Waals surface area contributed by atoms with E-state index in [0.29, 0.717) is 10.9 Å². The minimum absolute atomic E-state index is 0.529. The van der Waals surface area contributed by atoms with Gasteiger partial charge in [0.05, 0.1) is 0 Å². The second-order valence-electron chi connectivity index (χ2n) is 5.45. The van der Waals surface area contributed by atoms with E-state index in [1.165, 1.54) is 36.5 Å². The van der Waals surface area contributed by atoms with Gasteiger partial charge in [0.25, 0.3) is 0 Å². The summed E-state index contributed by atoms with van der Waals surface area (Å²) in [7, 11) is 2.17. The zero-order valence-electron chi connectivity index (χ0n) is 11.5. The maximum absolute atomic E-state index is 4.64. The number of fused-ring (bicyclic) bond motifs is 1. The van der Waals surface area contributed by atoms with E-state index in [1.54, 1.807) is 0 Å². The van der Waals surface area contributed by atoms with E-state index in [4.69, 9.17) is 0 Å². The first-order chi connectivity index (χ1) is 9.68. The fraction of sp³-hybridized carbons (Fsp3) is 0.438. The number of anilines is 1. The molecule has 1 aliphatic rings. The molecule has 1 heterocycles. The number of nitrogens with zero attached hydrogens (tertiary/aromatic N) is 2. The zero-order chi connectivity index (χ0) is 14.1. The molecule has 0 saturated heterocycles. The Labute approximate surface area is 136 Å². The van der Waals surface area contributed by atoms with Gasteiger partial charge in [-0.3, -0.25) is 0 Å². The topological polar surface area (TPSA) is 16.1 Å². The maximum Gasteiger partial charge on any atom is 0.136 e. The van der Waals surface area contributed by atoms with Crippen LogP contribution >= 0.6 is 31.9 Å². The summed E-state index contributed by atoms with van der Waals surface area (Å²) in [6.45, 7) is 0. The largest absolute Gasteiger partial charge is 0.355 e. The highest BCUT2D eigenvalue weighted by atomic mass is 79.9. The molecule has 0 aliphatic heterocycles. The summed E-state index contributed by atoms with van der Waals surface area (Å²) in [6, 6.07) is 8.92. The van der Waals surface area contributed by atoms with Crippen LogP contribution < -0.4 is 4.90 Å². The molecule has 0 N–H and O–H groups in total. The van der Waals surface area contributed by atoms with Crippen molar-refractivity contribution in [1.29, 1.82) is 0 Å². The first-order valence-electron chi connectivity index (χ1n) is 7.08. The lowest BCUT2D eigenvalue weighted by atomic mass is 9.94. The second-order valence-corrected chi connectivity index (χ2v) is 7.48. The third kappa shape index (κ3) is 2.60. The van der Waals surface area contributed by atoms with Gasteiger partial charge in [-0.2, -0.15) is 0 Å². The molecule has 1 aliphatic carbocycles. The van der Waals surface area contributed by atoms with Gasteiger partial charge in [0.1, 0.15) is 5.82 Å². The van der Waals surface area contributed by atoms with Crippen molar-refractivity contribution in [2.45, 2.75) is 36.6 Å². The smallest absolute Gasteiger partial charge is 0.136 e. The summed E-state index contributed by atoms with van der Waals surface area (Å²) in [4.78, 5) is 7.56. The molecule has 20 heavy (non-hydrogen) atoms. The highest BCUT2D eigenvalue weighted by Gasteiger charge is 2.27. The molecule has 2 atom stereocenters. The number of rotatable bonds is 2. The Kier molecular flexibility index (Phi) is 4.32. The van der Waals surface area contributed by atoms with Gasteiger partial charge >= 0.3 is 0 Å². The molecule has 4 heteroatoms. The van der Waals surface area contributed by atoms with Crippen molar-refractivity contribution in [3.05, 3.63) is 34.9 Å². The van der Waals surface area contributed by atoms with Gasteiger partial charge in [0, 0.05) is 39.4 Å². The van der Waals surface area contributed by atoms with E-state index in [1.807, 2.05) is 6.20 Å². The average molecular weight is 398 g/mol. The molecule has 0 amide bonds. The van der Waals surface area contributed by atoms with Crippen LogP contribution in [0.4, 0.5) is 5.82 Å². The summed E-state index contributed by atoms with van der Waals surface area (Å²) >= 11 is 7.48. The van der Waals surface area contributed by atoms with Crippen LogP contribution in [-0.4, -0.2) is 22.9 Å². The van der Waals surface area contributed by atoms with Crippen LogP contribution in [0.25, 0.3) is 10.8 Å². The Morgan fingerprint density at radius 3 is 2.75 bits per heavy atom. The van der Waals surface area contributed by atoms with Crippen molar-refractivity contribution in [1.82, 2.24) is 4.98 Å². The minimum Gasteiger partial charge on any atom is -0.355 e. The Balaban J connectivity index is 2.03. The maximum atomic E-state index is 4.64. The number of pyridine rings is 1. The Bertz CT molecular complexity index is 614. The van der Waals surface area contributed by atoms with Crippen molar-refractivity contribution in [3.63, 3.8) is 0 Å². The SMILES string of the molecule is CN(c1nccc2c(Br)cccc12)C1CCCCC1Br. The van der Waals surface area contributed by atoms with E-state index in [0.717, 1.165) is 10.3 Å². The quantitative estimate of drug-likeness (QED) is 0.652. The molecule has 2 nitrogen and oxygen atoms in total. The lowest BCUT2D eigenvalue weighted by Crippen LogP contribution is -2.41. The number of aromatic nitrogens is 1. The van der Waals surface area contributed by atoms with Crippen LogP contribution in [0.1, 0.15) is 25.7 Å². The van der Waals surface area contributed by atoms with Crippen LogP contribution in [0, 0.1) is 0 Å². The van der Waals surface area contributed by atoms with Crippen molar-refractivity contribution >= 4 is 48.5 Å². The zero-order valence-corrected chi connectivity index (χ0v) is 14.7. The van der Waals surface area contributed by atoms with Crippen molar-refractivity contribution in [2.75, 3.05) is 11.9 Å². The Hall–Kier alpha value is -0.610. The van der Waals surface area contributed by atoms with E-state index in [-0.39, 0.29) is 0 Å². The number of halogens is 2. The number of alkyl halides is 1. The molecule has 0 bridgehead atoms. The molecule has 0 radical (unpaired) electrons.